The number of halogens is 1. The fourth-order valence-corrected chi connectivity index (χ4v) is 2.18. The Morgan fingerprint density at radius 2 is 2.14 bits per heavy atom. The highest BCUT2D eigenvalue weighted by Crippen LogP contribution is 2.30. The molecular weight excluding hydrogens is 292 g/mol. The molecule has 0 amide bonds. The SMILES string of the molecule is CNc1nc(Nc2ccc(OC)c(Cl)c2)c2cn[nH]c2n1. The van der Waals surface area contributed by atoms with E-state index < -0.39 is 0 Å². The predicted octanol–water partition coefficient (Wildman–Crippen LogP) is 2.80. The van der Waals surface area contributed by atoms with Crippen molar-refractivity contribution in [2.75, 3.05) is 24.8 Å². The Morgan fingerprint density at radius 1 is 1.29 bits per heavy atom. The van der Waals surface area contributed by atoms with E-state index in [-0.39, 0.29) is 0 Å². The Hall–Kier alpha value is -2.54. The van der Waals surface area contributed by atoms with Crippen LogP contribution < -0.4 is 15.4 Å². The zero-order valence-corrected chi connectivity index (χ0v) is 12.2. The topological polar surface area (TPSA) is 87.8 Å². The summed E-state index contributed by atoms with van der Waals surface area (Å²) in [7, 11) is 3.33. The van der Waals surface area contributed by atoms with Crippen LogP contribution in [0.3, 0.4) is 0 Å². The summed E-state index contributed by atoms with van der Waals surface area (Å²) in [5, 5.41) is 14.2. The molecule has 21 heavy (non-hydrogen) atoms. The zero-order valence-electron chi connectivity index (χ0n) is 11.4. The van der Waals surface area contributed by atoms with Crippen molar-refractivity contribution in [2.24, 2.45) is 0 Å². The second-order valence-corrected chi connectivity index (χ2v) is 4.66. The Labute approximate surface area is 125 Å². The van der Waals surface area contributed by atoms with Crippen molar-refractivity contribution < 1.29 is 4.74 Å². The fraction of sp³-hybridized carbons (Fsp3) is 0.154. The van der Waals surface area contributed by atoms with Gasteiger partial charge in [0, 0.05) is 12.7 Å². The number of hydrogen-bond acceptors (Lipinski definition) is 6. The molecule has 0 unspecified atom stereocenters. The van der Waals surface area contributed by atoms with Gasteiger partial charge in [-0.25, -0.2) is 0 Å². The minimum atomic E-state index is 0.494. The third-order valence-corrected chi connectivity index (χ3v) is 3.24. The summed E-state index contributed by atoms with van der Waals surface area (Å²) < 4.78 is 5.13. The first-order chi connectivity index (χ1) is 10.2. The number of ether oxygens (including phenoxy) is 1. The van der Waals surface area contributed by atoms with Gasteiger partial charge < -0.3 is 15.4 Å². The van der Waals surface area contributed by atoms with E-state index in [4.69, 9.17) is 16.3 Å². The molecule has 0 radical (unpaired) electrons. The standard InChI is InChI=1S/C13H13ClN6O/c1-15-13-18-11(8-6-16-20-12(8)19-13)17-7-3-4-10(21-2)9(14)5-7/h3-6H,1-2H3,(H3,15,16,17,18,19,20). The molecule has 3 rings (SSSR count). The molecule has 0 bridgehead atoms. The molecule has 0 aliphatic heterocycles. The van der Waals surface area contributed by atoms with Crippen LogP contribution in [0.4, 0.5) is 17.5 Å². The molecule has 0 atom stereocenters. The number of methoxy groups -OCH3 is 1. The molecule has 3 aromatic rings. The van der Waals surface area contributed by atoms with E-state index in [1.54, 1.807) is 32.5 Å². The number of nitrogens with zero attached hydrogens (tertiary/aromatic N) is 3. The van der Waals surface area contributed by atoms with Crippen molar-refractivity contribution in [3.8, 4) is 5.75 Å². The number of anilines is 3. The van der Waals surface area contributed by atoms with Gasteiger partial charge in [-0.15, -0.1) is 0 Å². The average molecular weight is 305 g/mol. The molecule has 0 saturated heterocycles. The Bertz CT molecular complexity index is 787. The predicted molar refractivity (Wildman–Crippen MR) is 82.5 cm³/mol. The minimum absolute atomic E-state index is 0.494. The number of H-pyrrole nitrogens is 1. The maximum absolute atomic E-state index is 6.12. The van der Waals surface area contributed by atoms with Crippen molar-refractivity contribution in [2.45, 2.75) is 0 Å². The molecule has 0 fully saturated rings. The first kappa shape index (κ1) is 13.4. The van der Waals surface area contributed by atoms with Gasteiger partial charge in [0.15, 0.2) is 5.65 Å². The minimum Gasteiger partial charge on any atom is -0.495 e. The second-order valence-electron chi connectivity index (χ2n) is 4.25. The lowest BCUT2D eigenvalue weighted by molar-refractivity contribution is 0.415. The molecule has 7 nitrogen and oxygen atoms in total. The van der Waals surface area contributed by atoms with Crippen LogP contribution in [0.5, 0.6) is 5.75 Å². The van der Waals surface area contributed by atoms with Gasteiger partial charge in [0.05, 0.1) is 23.7 Å². The number of rotatable bonds is 4. The van der Waals surface area contributed by atoms with Gasteiger partial charge in [0.25, 0.3) is 0 Å². The monoisotopic (exact) mass is 304 g/mol. The van der Waals surface area contributed by atoms with Crippen molar-refractivity contribution in [3.63, 3.8) is 0 Å². The Morgan fingerprint density at radius 3 is 2.86 bits per heavy atom. The first-order valence-corrected chi connectivity index (χ1v) is 6.58. The molecule has 2 aromatic heterocycles. The van der Waals surface area contributed by atoms with E-state index in [9.17, 15) is 0 Å². The van der Waals surface area contributed by atoms with Crippen LogP contribution in [0.25, 0.3) is 11.0 Å². The molecule has 3 N–H and O–H groups in total. The van der Waals surface area contributed by atoms with Gasteiger partial charge >= 0.3 is 0 Å². The summed E-state index contributed by atoms with van der Waals surface area (Å²) in [6.07, 6.45) is 1.67. The van der Waals surface area contributed by atoms with Gasteiger partial charge in [0.1, 0.15) is 11.6 Å². The van der Waals surface area contributed by atoms with Crippen molar-refractivity contribution in [3.05, 3.63) is 29.4 Å². The molecule has 0 aliphatic carbocycles. The van der Waals surface area contributed by atoms with Gasteiger partial charge in [-0.3, -0.25) is 5.10 Å². The summed E-state index contributed by atoms with van der Waals surface area (Å²) in [5.41, 5.74) is 1.44. The van der Waals surface area contributed by atoms with E-state index in [2.05, 4.69) is 30.8 Å². The summed E-state index contributed by atoms with van der Waals surface area (Å²) in [4.78, 5) is 8.67. The number of hydrogen-bond donors (Lipinski definition) is 3. The Balaban J connectivity index is 2.01. The normalized spacial score (nSPS) is 10.6. The fourth-order valence-electron chi connectivity index (χ4n) is 1.92. The van der Waals surface area contributed by atoms with Crippen LogP contribution in [0.2, 0.25) is 5.02 Å². The third kappa shape index (κ3) is 2.55. The van der Waals surface area contributed by atoms with E-state index in [1.807, 2.05) is 6.07 Å². The van der Waals surface area contributed by atoms with Gasteiger partial charge in [-0.2, -0.15) is 15.1 Å². The number of aromatic amines is 1. The van der Waals surface area contributed by atoms with E-state index >= 15 is 0 Å². The molecular formula is C13H13ClN6O. The van der Waals surface area contributed by atoms with Gasteiger partial charge in [-0.05, 0) is 18.2 Å². The lowest BCUT2D eigenvalue weighted by Crippen LogP contribution is -2.01. The lowest BCUT2D eigenvalue weighted by atomic mass is 10.3. The lowest BCUT2D eigenvalue weighted by Gasteiger charge is -2.10. The molecule has 0 spiro atoms. The van der Waals surface area contributed by atoms with Crippen LogP contribution in [0.15, 0.2) is 24.4 Å². The molecule has 2 heterocycles. The average Bonchev–Trinajstić information content (AvgIpc) is 2.96. The molecule has 1 aromatic carbocycles. The van der Waals surface area contributed by atoms with E-state index in [0.717, 1.165) is 11.1 Å². The smallest absolute Gasteiger partial charge is 0.226 e. The van der Waals surface area contributed by atoms with Crippen LogP contribution >= 0.6 is 11.6 Å². The summed E-state index contributed by atoms with van der Waals surface area (Å²) >= 11 is 6.12. The van der Waals surface area contributed by atoms with Crippen LogP contribution in [-0.2, 0) is 0 Å². The quantitative estimate of drug-likeness (QED) is 0.687. The van der Waals surface area contributed by atoms with Gasteiger partial charge in [-0.1, -0.05) is 11.6 Å². The first-order valence-electron chi connectivity index (χ1n) is 6.20. The van der Waals surface area contributed by atoms with Crippen molar-refractivity contribution in [1.82, 2.24) is 20.2 Å². The number of nitrogens with one attached hydrogen (secondary N) is 3. The summed E-state index contributed by atoms with van der Waals surface area (Å²) in [5.74, 6) is 1.75. The molecule has 0 aliphatic rings. The molecule has 108 valence electrons. The maximum Gasteiger partial charge on any atom is 0.226 e. The summed E-state index contributed by atoms with van der Waals surface area (Å²) in [6.45, 7) is 0. The van der Waals surface area contributed by atoms with Crippen molar-refractivity contribution in [1.29, 1.82) is 0 Å². The van der Waals surface area contributed by atoms with E-state index in [1.165, 1.54) is 0 Å². The van der Waals surface area contributed by atoms with E-state index in [0.29, 0.717) is 28.2 Å². The third-order valence-electron chi connectivity index (χ3n) is 2.95. The number of benzene rings is 1. The number of aromatic nitrogens is 4. The molecule has 0 saturated carbocycles. The summed E-state index contributed by atoms with van der Waals surface area (Å²) in [6, 6.07) is 5.42. The highest BCUT2D eigenvalue weighted by molar-refractivity contribution is 6.32. The second kappa shape index (κ2) is 5.45. The highest BCUT2D eigenvalue weighted by atomic mass is 35.5. The van der Waals surface area contributed by atoms with Crippen molar-refractivity contribution >= 4 is 40.1 Å². The Kier molecular flexibility index (Phi) is 3.49. The zero-order chi connectivity index (χ0) is 14.8. The maximum atomic E-state index is 6.12. The number of fused-ring (bicyclic) bond motifs is 1. The highest BCUT2D eigenvalue weighted by Gasteiger charge is 2.10. The largest absolute Gasteiger partial charge is 0.495 e. The van der Waals surface area contributed by atoms with Crippen LogP contribution in [0, 0.1) is 0 Å². The van der Waals surface area contributed by atoms with Crippen LogP contribution in [0.1, 0.15) is 0 Å². The molecule has 8 heteroatoms. The van der Waals surface area contributed by atoms with Gasteiger partial charge in [0.2, 0.25) is 5.95 Å². The van der Waals surface area contributed by atoms with Crippen LogP contribution in [-0.4, -0.2) is 34.3 Å².